The van der Waals surface area contributed by atoms with Crippen molar-refractivity contribution in [1.29, 1.82) is 0 Å². The lowest BCUT2D eigenvalue weighted by Crippen LogP contribution is -2.35. The number of rotatable bonds is 4. The molecule has 0 bridgehead atoms. The van der Waals surface area contributed by atoms with Crippen LogP contribution in [0.3, 0.4) is 0 Å². The smallest absolute Gasteiger partial charge is 0.311 e. The highest BCUT2D eigenvalue weighted by molar-refractivity contribution is 5.93. The highest BCUT2D eigenvalue weighted by atomic mass is 16.5. The van der Waals surface area contributed by atoms with Gasteiger partial charge in [0.25, 0.3) is 5.91 Å². The van der Waals surface area contributed by atoms with E-state index in [1.165, 1.54) is 11.1 Å². The van der Waals surface area contributed by atoms with Crippen LogP contribution in [-0.2, 0) is 4.79 Å². The van der Waals surface area contributed by atoms with Gasteiger partial charge >= 0.3 is 5.97 Å². The first-order chi connectivity index (χ1) is 11.5. The van der Waals surface area contributed by atoms with Crippen LogP contribution in [0.2, 0.25) is 0 Å². The Morgan fingerprint density at radius 1 is 1.21 bits per heavy atom. The SMILES string of the molecule is CC1(C(=O)O)CCN(C(=O)c2cc(Oc3ccccc3)ccn2)C1. The number of amides is 1. The quantitative estimate of drug-likeness (QED) is 0.934. The summed E-state index contributed by atoms with van der Waals surface area (Å²) < 4.78 is 5.71. The molecule has 0 radical (unpaired) electrons. The zero-order chi connectivity index (χ0) is 17.2. The summed E-state index contributed by atoms with van der Waals surface area (Å²) in [7, 11) is 0. The van der Waals surface area contributed by atoms with E-state index in [2.05, 4.69) is 4.98 Å². The second kappa shape index (κ2) is 6.31. The molecule has 1 aliphatic rings. The second-order valence-electron chi connectivity index (χ2n) is 6.13. The molecule has 6 heteroatoms. The lowest BCUT2D eigenvalue weighted by atomic mass is 9.90. The number of para-hydroxylation sites is 1. The van der Waals surface area contributed by atoms with Crippen LogP contribution in [-0.4, -0.2) is 40.0 Å². The number of hydrogen-bond donors (Lipinski definition) is 1. The minimum absolute atomic E-state index is 0.187. The molecule has 1 amide bonds. The first-order valence-corrected chi connectivity index (χ1v) is 7.70. The fourth-order valence-electron chi connectivity index (χ4n) is 2.69. The van der Waals surface area contributed by atoms with Crippen LogP contribution >= 0.6 is 0 Å². The number of aromatic nitrogens is 1. The van der Waals surface area contributed by atoms with E-state index in [1.54, 1.807) is 19.1 Å². The molecule has 1 fully saturated rings. The highest BCUT2D eigenvalue weighted by Crippen LogP contribution is 2.31. The number of carbonyl (C=O) groups excluding carboxylic acids is 1. The summed E-state index contributed by atoms with van der Waals surface area (Å²) in [5.41, 5.74) is -0.647. The van der Waals surface area contributed by atoms with Crippen LogP contribution < -0.4 is 4.74 Å². The van der Waals surface area contributed by atoms with Gasteiger partial charge in [-0.25, -0.2) is 0 Å². The molecule has 6 nitrogen and oxygen atoms in total. The molecular weight excluding hydrogens is 308 g/mol. The average molecular weight is 326 g/mol. The first-order valence-electron chi connectivity index (χ1n) is 7.70. The zero-order valence-electron chi connectivity index (χ0n) is 13.3. The molecule has 1 aromatic heterocycles. The molecule has 1 atom stereocenters. The maximum atomic E-state index is 12.6. The minimum atomic E-state index is -0.895. The van der Waals surface area contributed by atoms with Crippen LogP contribution in [0.5, 0.6) is 11.5 Å². The van der Waals surface area contributed by atoms with Crippen LogP contribution in [0.1, 0.15) is 23.8 Å². The van der Waals surface area contributed by atoms with Gasteiger partial charge in [-0.2, -0.15) is 0 Å². The molecule has 0 spiro atoms. The molecule has 1 aliphatic heterocycles. The third kappa shape index (κ3) is 3.22. The van der Waals surface area contributed by atoms with Gasteiger partial charge < -0.3 is 14.7 Å². The van der Waals surface area contributed by atoms with Crippen molar-refractivity contribution < 1.29 is 19.4 Å². The lowest BCUT2D eigenvalue weighted by molar-refractivity contribution is -0.147. The van der Waals surface area contributed by atoms with E-state index in [-0.39, 0.29) is 18.1 Å². The van der Waals surface area contributed by atoms with Crippen LogP contribution in [0, 0.1) is 5.41 Å². The topological polar surface area (TPSA) is 79.7 Å². The molecular formula is C18H18N2O4. The van der Waals surface area contributed by atoms with Gasteiger partial charge in [0.05, 0.1) is 5.41 Å². The second-order valence-corrected chi connectivity index (χ2v) is 6.13. The number of hydrogen-bond acceptors (Lipinski definition) is 4. The fraction of sp³-hybridized carbons (Fsp3) is 0.278. The third-order valence-corrected chi connectivity index (χ3v) is 4.21. The summed E-state index contributed by atoms with van der Waals surface area (Å²) in [5, 5.41) is 9.28. The molecule has 1 N–H and O–H groups in total. The number of likely N-dealkylation sites (tertiary alicyclic amines) is 1. The number of nitrogens with zero attached hydrogens (tertiary/aromatic N) is 2. The van der Waals surface area contributed by atoms with Gasteiger partial charge in [-0.1, -0.05) is 18.2 Å². The average Bonchev–Trinajstić information content (AvgIpc) is 2.99. The summed E-state index contributed by atoms with van der Waals surface area (Å²) in [6.45, 7) is 2.25. The standard InChI is InChI=1S/C18H18N2O4/c1-18(17(22)23)8-10-20(12-18)16(21)15-11-14(7-9-19-15)24-13-5-3-2-4-6-13/h2-7,9,11H,8,10,12H2,1H3,(H,22,23). The maximum Gasteiger partial charge on any atom is 0.311 e. The normalized spacial score (nSPS) is 20.0. The monoisotopic (exact) mass is 326 g/mol. The van der Waals surface area contributed by atoms with Crippen LogP contribution in [0.4, 0.5) is 0 Å². The Hall–Kier alpha value is -2.89. The Balaban J connectivity index is 1.74. The number of carboxylic acid groups (broad SMARTS) is 1. The van der Waals surface area contributed by atoms with Crippen molar-refractivity contribution in [1.82, 2.24) is 9.88 Å². The van der Waals surface area contributed by atoms with Crippen molar-refractivity contribution >= 4 is 11.9 Å². The number of aliphatic carboxylic acids is 1. The minimum Gasteiger partial charge on any atom is -0.481 e. The number of pyridine rings is 1. The van der Waals surface area contributed by atoms with E-state index in [0.717, 1.165) is 0 Å². The van der Waals surface area contributed by atoms with Crippen LogP contribution in [0.25, 0.3) is 0 Å². The van der Waals surface area contributed by atoms with Gasteiger partial charge in [0.1, 0.15) is 17.2 Å². The molecule has 124 valence electrons. The summed E-state index contributed by atoms with van der Waals surface area (Å²) in [6.07, 6.45) is 1.95. The largest absolute Gasteiger partial charge is 0.481 e. The van der Waals surface area contributed by atoms with Gasteiger partial charge in [0, 0.05) is 25.4 Å². The number of carboxylic acids is 1. The Morgan fingerprint density at radius 3 is 2.62 bits per heavy atom. The van der Waals surface area contributed by atoms with E-state index in [0.29, 0.717) is 24.5 Å². The Morgan fingerprint density at radius 2 is 1.96 bits per heavy atom. The van der Waals surface area contributed by atoms with E-state index in [4.69, 9.17) is 4.74 Å². The number of carbonyl (C=O) groups is 2. The first kappa shape index (κ1) is 16.0. The van der Waals surface area contributed by atoms with E-state index < -0.39 is 11.4 Å². The Kier molecular flexibility index (Phi) is 4.20. The van der Waals surface area contributed by atoms with Crippen molar-refractivity contribution in [2.75, 3.05) is 13.1 Å². The van der Waals surface area contributed by atoms with Crippen molar-refractivity contribution in [3.8, 4) is 11.5 Å². The molecule has 0 aliphatic carbocycles. The fourth-order valence-corrected chi connectivity index (χ4v) is 2.69. The van der Waals surface area contributed by atoms with Crippen molar-refractivity contribution in [3.63, 3.8) is 0 Å². The van der Waals surface area contributed by atoms with Gasteiger partial charge in [-0.15, -0.1) is 0 Å². The van der Waals surface area contributed by atoms with Gasteiger partial charge in [0.15, 0.2) is 0 Å². The van der Waals surface area contributed by atoms with E-state index in [9.17, 15) is 14.7 Å². The molecule has 1 unspecified atom stereocenters. The summed E-state index contributed by atoms with van der Waals surface area (Å²) in [6, 6.07) is 12.5. The Bertz CT molecular complexity index is 763. The summed E-state index contributed by atoms with van der Waals surface area (Å²) >= 11 is 0. The van der Waals surface area contributed by atoms with Crippen molar-refractivity contribution in [3.05, 3.63) is 54.4 Å². The van der Waals surface area contributed by atoms with Crippen molar-refractivity contribution in [2.45, 2.75) is 13.3 Å². The maximum absolute atomic E-state index is 12.6. The van der Waals surface area contributed by atoms with Gasteiger partial charge in [-0.05, 0) is 31.5 Å². The predicted octanol–water partition coefficient (Wildman–Crippen LogP) is 2.81. The Labute approximate surface area is 139 Å². The van der Waals surface area contributed by atoms with Gasteiger partial charge in [-0.3, -0.25) is 14.6 Å². The molecule has 24 heavy (non-hydrogen) atoms. The van der Waals surface area contributed by atoms with E-state index >= 15 is 0 Å². The molecule has 2 heterocycles. The predicted molar refractivity (Wildman–Crippen MR) is 87.0 cm³/mol. The van der Waals surface area contributed by atoms with Crippen LogP contribution in [0.15, 0.2) is 48.7 Å². The van der Waals surface area contributed by atoms with E-state index in [1.807, 2.05) is 30.3 Å². The summed E-state index contributed by atoms with van der Waals surface area (Å²) in [5.74, 6) is 0.0203. The highest BCUT2D eigenvalue weighted by Gasteiger charge is 2.42. The molecule has 2 aromatic rings. The number of benzene rings is 1. The van der Waals surface area contributed by atoms with Gasteiger partial charge in [0.2, 0.25) is 0 Å². The number of ether oxygens (including phenoxy) is 1. The van der Waals surface area contributed by atoms with Crippen molar-refractivity contribution in [2.24, 2.45) is 5.41 Å². The zero-order valence-corrected chi connectivity index (χ0v) is 13.3. The summed E-state index contributed by atoms with van der Waals surface area (Å²) in [4.78, 5) is 29.5. The molecule has 3 rings (SSSR count). The third-order valence-electron chi connectivity index (χ3n) is 4.21. The lowest BCUT2D eigenvalue weighted by Gasteiger charge is -2.20. The molecule has 1 aromatic carbocycles. The molecule has 0 saturated carbocycles. The molecule has 1 saturated heterocycles.